The van der Waals surface area contributed by atoms with Gasteiger partial charge in [0.25, 0.3) is 0 Å². The summed E-state index contributed by atoms with van der Waals surface area (Å²) < 4.78 is 5.14. The number of ether oxygens (including phenoxy) is 1. The van der Waals surface area contributed by atoms with E-state index in [0.717, 1.165) is 17.9 Å². The second-order valence-corrected chi connectivity index (χ2v) is 4.52. The lowest BCUT2D eigenvalue weighted by Crippen LogP contribution is -2.14. The molecular weight excluding hydrogens is 190 g/mol. The monoisotopic (exact) mass is 207 g/mol. The van der Waals surface area contributed by atoms with Crippen LogP contribution in [0.5, 0.6) is 5.88 Å². The highest BCUT2D eigenvalue weighted by atomic mass is 16.5. The molecule has 15 heavy (non-hydrogen) atoms. The molecule has 0 amide bonds. The van der Waals surface area contributed by atoms with Crippen molar-refractivity contribution in [2.24, 2.45) is 5.41 Å². The Labute approximate surface area is 90.1 Å². The van der Waals surface area contributed by atoms with E-state index in [2.05, 4.69) is 22.2 Å². The summed E-state index contributed by atoms with van der Waals surface area (Å²) in [6.45, 7) is 5.23. The Morgan fingerprint density at radius 1 is 1.47 bits per heavy atom. The smallest absolute Gasteiger partial charge is 0.221 e. The molecule has 1 aliphatic carbocycles. The van der Waals surface area contributed by atoms with Crippen LogP contribution in [-0.2, 0) is 0 Å². The minimum absolute atomic E-state index is 0.477. The van der Waals surface area contributed by atoms with Crippen molar-refractivity contribution in [3.05, 3.63) is 11.9 Å². The predicted octanol–water partition coefficient (Wildman–Crippen LogP) is 2.01. The summed E-state index contributed by atoms with van der Waals surface area (Å²) >= 11 is 0. The normalized spacial score (nSPS) is 17.3. The number of nitrogens with zero attached hydrogens (tertiary/aromatic N) is 2. The third-order valence-corrected chi connectivity index (χ3v) is 3.02. The second kappa shape index (κ2) is 3.68. The first-order valence-corrected chi connectivity index (χ1v) is 5.24. The Hall–Kier alpha value is -1.32. The first kappa shape index (κ1) is 10.2. The van der Waals surface area contributed by atoms with Crippen molar-refractivity contribution in [2.75, 3.05) is 19.0 Å². The van der Waals surface area contributed by atoms with E-state index in [9.17, 15) is 0 Å². The number of hydrogen-bond donors (Lipinski definition) is 1. The maximum Gasteiger partial charge on any atom is 0.221 e. The highest BCUT2D eigenvalue weighted by Gasteiger charge is 2.36. The van der Waals surface area contributed by atoms with Gasteiger partial charge in [-0.3, -0.25) is 0 Å². The largest absolute Gasteiger partial charge is 0.481 e. The molecule has 4 nitrogen and oxygen atoms in total. The molecule has 0 bridgehead atoms. The molecule has 1 aliphatic rings. The summed E-state index contributed by atoms with van der Waals surface area (Å²) in [7, 11) is 1.63. The van der Waals surface area contributed by atoms with Gasteiger partial charge in [0.2, 0.25) is 5.88 Å². The lowest BCUT2D eigenvalue weighted by atomic mass is 10.1. The molecule has 0 unspecified atom stereocenters. The zero-order valence-electron chi connectivity index (χ0n) is 9.50. The maximum atomic E-state index is 5.14. The summed E-state index contributed by atoms with van der Waals surface area (Å²) in [5, 5.41) is 3.36. The summed E-state index contributed by atoms with van der Waals surface area (Å²) in [5.41, 5.74) is 1.45. The molecule has 0 aromatic carbocycles. The first-order chi connectivity index (χ1) is 7.14. The number of rotatable bonds is 4. The Morgan fingerprint density at radius 2 is 2.20 bits per heavy atom. The van der Waals surface area contributed by atoms with Crippen molar-refractivity contribution in [1.29, 1.82) is 0 Å². The molecule has 0 saturated heterocycles. The standard InChI is InChI=1S/C11H17N3O/c1-8-9(12-6-11(2)4-5-11)13-7-14-10(8)15-3/h7H,4-6H2,1-3H3,(H,12,13,14). The number of methoxy groups -OCH3 is 1. The van der Waals surface area contributed by atoms with Crippen molar-refractivity contribution in [3.8, 4) is 5.88 Å². The minimum atomic E-state index is 0.477. The van der Waals surface area contributed by atoms with Gasteiger partial charge in [-0.1, -0.05) is 6.92 Å². The van der Waals surface area contributed by atoms with Gasteiger partial charge >= 0.3 is 0 Å². The Morgan fingerprint density at radius 3 is 2.80 bits per heavy atom. The molecular formula is C11H17N3O. The van der Waals surface area contributed by atoms with Gasteiger partial charge in [0.15, 0.2) is 0 Å². The third kappa shape index (κ3) is 2.19. The van der Waals surface area contributed by atoms with Crippen LogP contribution in [0, 0.1) is 12.3 Å². The van der Waals surface area contributed by atoms with Crippen LogP contribution in [0.1, 0.15) is 25.3 Å². The van der Waals surface area contributed by atoms with Crippen LogP contribution in [0.25, 0.3) is 0 Å². The van der Waals surface area contributed by atoms with Crippen molar-refractivity contribution in [1.82, 2.24) is 9.97 Å². The topological polar surface area (TPSA) is 47.0 Å². The van der Waals surface area contributed by atoms with Gasteiger partial charge in [-0.25, -0.2) is 9.97 Å². The van der Waals surface area contributed by atoms with E-state index in [1.807, 2.05) is 6.92 Å². The van der Waals surface area contributed by atoms with Gasteiger partial charge in [0.1, 0.15) is 12.1 Å². The van der Waals surface area contributed by atoms with Crippen molar-refractivity contribution in [2.45, 2.75) is 26.7 Å². The fraction of sp³-hybridized carbons (Fsp3) is 0.636. The van der Waals surface area contributed by atoms with Crippen LogP contribution >= 0.6 is 0 Å². The number of hydrogen-bond acceptors (Lipinski definition) is 4. The van der Waals surface area contributed by atoms with E-state index in [-0.39, 0.29) is 0 Å². The van der Waals surface area contributed by atoms with Gasteiger partial charge < -0.3 is 10.1 Å². The first-order valence-electron chi connectivity index (χ1n) is 5.24. The number of anilines is 1. The molecule has 0 spiro atoms. The third-order valence-electron chi connectivity index (χ3n) is 3.02. The van der Waals surface area contributed by atoms with E-state index in [4.69, 9.17) is 4.74 Å². The number of nitrogens with one attached hydrogen (secondary N) is 1. The maximum absolute atomic E-state index is 5.14. The lowest BCUT2D eigenvalue weighted by molar-refractivity contribution is 0.393. The molecule has 1 saturated carbocycles. The molecule has 1 heterocycles. The average Bonchev–Trinajstić information content (AvgIpc) is 2.96. The molecule has 0 atom stereocenters. The minimum Gasteiger partial charge on any atom is -0.481 e. The quantitative estimate of drug-likeness (QED) is 0.820. The van der Waals surface area contributed by atoms with Gasteiger partial charge in [0, 0.05) is 6.54 Å². The van der Waals surface area contributed by atoms with E-state index in [1.165, 1.54) is 19.2 Å². The van der Waals surface area contributed by atoms with E-state index in [0.29, 0.717) is 11.3 Å². The Balaban J connectivity index is 2.07. The molecule has 1 aromatic heterocycles. The van der Waals surface area contributed by atoms with Crippen LogP contribution in [0.15, 0.2) is 6.33 Å². The molecule has 2 rings (SSSR count). The van der Waals surface area contributed by atoms with Crippen LogP contribution in [0.4, 0.5) is 5.82 Å². The fourth-order valence-corrected chi connectivity index (χ4v) is 1.51. The highest BCUT2D eigenvalue weighted by Crippen LogP contribution is 2.44. The van der Waals surface area contributed by atoms with E-state index >= 15 is 0 Å². The number of aromatic nitrogens is 2. The average molecular weight is 207 g/mol. The Kier molecular flexibility index (Phi) is 2.50. The molecule has 0 aliphatic heterocycles. The highest BCUT2D eigenvalue weighted by molar-refractivity contribution is 5.47. The van der Waals surface area contributed by atoms with Gasteiger partial charge in [0.05, 0.1) is 12.7 Å². The summed E-state index contributed by atoms with van der Waals surface area (Å²) in [5.74, 6) is 1.53. The van der Waals surface area contributed by atoms with Crippen molar-refractivity contribution >= 4 is 5.82 Å². The SMILES string of the molecule is COc1ncnc(NCC2(C)CC2)c1C. The van der Waals surface area contributed by atoms with Gasteiger partial charge in [-0.05, 0) is 25.2 Å². The Bertz CT molecular complexity index is 361. The van der Waals surface area contributed by atoms with Crippen LogP contribution in [0.2, 0.25) is 0 Å². The zero-order valence-corrected chi connectivity index (χ0v) is 9.50. The van der Waals surface area contributed by atoms with Gasteiger partial charge in [-0.15, -0.1) is 0 Å². The summed E-state index contributed by atoms with van der Waals surface area (Å²) in [4.78, 5) is 8.26. The van der Waals surface area contributed by atoms with Crippen LogP contribution in [-0.4, -0.2) is 23.6 Å². The fourth-order valence-electron chi connectivity index (χ4n) is 1.51. The molecule has 1 aromatic rings. The van der Waals surface area contributed by atoms with Gasteiger partial charge in [-0.2, -0.15) is 0 Å². The van der Waals surface area contributed by atoms with Crippen molar-refractivity contribution in [3.63, 3.8) is 0 Å². The van der Waals surface area contributed by atoms with E-state index < -0.39 is 0 Å². The molecule has 1 fully saturated rings. The summed E-state index contributed by atoms with van der Waals surface area (Å²) in [6.07, 6.45) is 4.14. The second-order valence-electron chi connectivity index (χ2n) is 4.52. The predicted molar refractivity (Wildman–Crippen MR) is 59.2 cm³/mol. The molecule has 4 heteroatoms. The summed E-state index contributed by atoms with van der Waals surface area (Å²) in [6, 6.07) is 0. The van der Waals surface area contributed by atoms with Crippen molar-refractivity contribution < 1.29 is 4.74 Å². The zero-order chi connectivity index (χ0) is 10.9. The molecule has 0 radical (unpaired) electrons. The van der Waals surface area contributed by atoms with Crippen LogP contribution < -0.4 is 10.1 Å². The van der Waals surface area contributed by atoms with Crippen LogP contribution in [0.3, 0.4) is 0 Å². The lowest BCUT2D eigenvalue weighted by Gasteiger charge is -2.13. The molecule has 1 N–H and O–H groups in total. The molecule has 82 valence electrons. The van der Waals surface area contributed by atoms with E-state index in [1.54, 1.807) is 7.11 Å².